The normalized spacial score (nSPS) is 25.9. The SMILES string of the molecule is CC1(C)OB(C2C[C@@H]2c2ccc3c(C(F)(F)F)nn(CC(F)(F)F)c3c2)OC1(C)C. The Morgan fingerprint density at radius 2 is 1.67 bits per heavy atom. The molecule has 30 heavy (non-hydrogen) atoms. The molecular formula is C19H21BF6N2O2. The molecule has 0 N–H and O–H groups in total. The van der Waals surface area contributed by atoms with E-state index >= 15 is 0 Å². The zero-order valence-electron chi connectivity index (χ0n) is 16.9. The van der Waals surface area contributed by atoms with Crippen LogP contribution in [0.3, 0.4) is 0 Å². The van der Waals surface area contributed by atoms with Crippen LogP contribution in [-0.4, -0.2) is 34.3 Å². The fraction of sp³-hybridized carbons (Fsp3) is 0.632. The van der Waals surface area contributed by atoms with Crippen LogP contribution in [0.4, 0.5) is 26.3 Å². The van der Waals surface area contributed by atoms with Crippen molar-refractivity contribution in [2.75, 3.05) is 0 Å². The van der Waals surface area contributed by atoms with Crippen molar-refractivity contribution in [2.45, 2.75) is 76.0 Å². The van der Waals surface area contributed by atoms with Crippen LogP contribution in [0.5, 0.6) is 0 Å². The van der Waals surface area contributed by atoms with E-state index in [-0.39, 0.29) is 22.6 Å². The van der Waals surface area contributed by atoms with E-state index in [0.717, 1.165) is 0 Å². The number of fused-ring (bicyclic) bond motifs is 1. The minimum absolute atomic E-state index is 0.00965. The molecular weight excluding hydrogens is 413 g/mol. The van der Waals surface area contributed by atoms with Crippen LogP contribution in [0.15, 0.2) is 18.2 Å². The Labute approximate surface area is 169 Å². The van der Waals surface area contributed by atoms with Crippen molar-refractivity contribution in [3.63, 3.8) is 0 Å². The Kier molecular flexibility index (Phi) is 4.57. The molecule has 0 spiro atoms. The second-order valence-electron chi connectivity index (χ2n) is 9.03. The molecule has 1 saturated carbocycles. The van der Waals surface area contributed by atoms with Gasteiger partial charge in [0.2, 0.25) is 0 Å². The van der Waals surface area contributed by atoms with Gasteiger partial charge in [-0.1, -0.05) is 12.1 Å². The van der Waals surface area contributed by atoms with Crippen LogP contribution < -0.4 is 0 Å². The van der Waals surface area contributed by atoms with E-state index in [9.17, 15) is 26.3 Å². The summed E-state index contributed by atoms with van der Waals surface area (Å²) in [5, 5.41) is 2.88. The summed E-state index contributed by atoms with van der Waals surface area (Å²) in [7, 11) is -0.471. The van der Waals surface area contributed by atoms with Crippen molar-refractivity contribution >= 4 is 18.0 Å². The number of rotatable bonds is 3. The van der Waals surface area contributed by atoms with Crippen molar-refractivity contribution in [3.8, 4) is 0 Å². The van der Waals surface area contributed by atoms with E-state index in [1.165, 1.54) is 18.2 Å². The standard InChI is InChI=1S/C19H21BF6N2O2/c1-16(2)17(3,4)30-20(29-16)13-8-12(13)10-5-6-11-14(7-10)28(9-18(21,22)23)27-15(11)19(24,25)26/h5-7,12-13H,8-9H2,1-4H3/t12-,13?/m1/s1. The van der Waals surface area contributed by atoms with E-state index < -0.39 is 42.9 Å². The molecule has 0 bridgehead atoms. The van der Waals surface area contributed by atoms with E-state index in [1.807, 2.05) is 27.7 Å². The molecule has 1 aromatic heterocycles. The smallest absolute Gasteiger partial charge is 0.403 e. The first-order chi connectivity index (χ1) is 13.6. The number of halogens is 6. The monoisotopic (exact) mass is 434 g/mol. The second kappa shape index (κ2) is 6.38. The fourth-order valence-corrected chi connectivity index (χ4v) is 3.88. The molecule has 2 aliphatic rings. The number of benzene rings is 1. The maximum Gasteiger partial charge on any atom is 0.461 e. The van der Waals surface area contributed by atoms with E-state index in [1.54, 1.807) is 0 Å². The Bertz CT molecular complexity index is 966. The van der Waals surface area contributed by atoms with Crippen molar-refractivity contribution in [1.82, 2.24) is 9.78 Å². The number of nitrogens with zero attached hydrogens (tertiary/aromatic N) is 2. The molecule has 0 radical (unpaired) electrons. The third-order valence-electron chi connectivity index (χ3n) is 6.26. The first-order valence-electron chi connectivity index (χ1n) is 9.59. The highest BCUT2D eigenvalue weighted by Gasteiger charge is 2.60. The van der Waals surface area contributed by atoms with Gasteiger partial charge in [0.05, 0.1) is 16.7 Å². The van der Waals surface area contributed by atoms with Gasteiger partial charge in [0.15, 0.2) is 5.69 Å². The van der Waals surface area contributed by atoms with Gasteiger partial charge in [-0.3, -0.25) is 4.68 Å². The van der Waals surface area contributed by atoms with Crippen LogP contribution >= 0.6 is 0 Å². The molecule has 1 unspecified atom stereocenters. The van der Waals surface area contributed by atoms with Gasteiger partial charge in [-0.05, 0) is 51.7 Å². The average molecular weight is 434 g/mol. The van der Waals surface area contributed by atoms with Crippen molar-refractivity contribution in [1.29, 1.82) is 0 Å². The molecule has 2 heterocycles. The van der Waals surface area contributed by atoms with Crippen LogP contribution in [0, 0.1) is 0 Å². The molecule has 1 aliphatic carbocycles. The minimum atomic E-state index is -4.85. The molecule has 0 amide bonds. The lowest BCUT2D eigenvalue weighted by atomic mass is 9.79. The van der Waals surface area contributed by atoms with Gasteiger partial charge in [0, 0.05) is 11.2 Å². The third-order valence-corrected chi connectivity index (χ3v) is 6.26. The number of hydrogen-bond donors (Lipinski definition) is 0. The summed E-state index contributed by atoms with van der Waals surface area (Å²) < 4.78 is 90.9. The molecule has 1 aromatic carbocycles. The summed E-state index contributed by atoms with van der Waals surface area (Å²) >= 11 is 0. The van der Waals surface area contributed by atoms with Gasteiger partial charge >= 0.3 is 19.5 Å². The molecule has 164 valence electrons. The molecule has 4 rings (SSSR count). The molecule has 1 aliphatic heterocycles. The maximum atomic E-state index is 13.3. The zero-order chi connectivity index (χ0) is 22.3. The molecule has 4 nitrogen and oxygen atoms in total. The Morgan fingerprint density at radius 3 is 2.20 bits per heavy atom. The Morgan fingerprint density at radius 1 is 1.07 bits per heavy atom. The first kappa shape index (κ1) is 21.5. The summed E-state index contributed by atoms with van der Waals surface area (Å²) in [5.74, 6) is -0.0720. The summed E-state index contributed by atoms with van der Waals surface area (Å²) in [6.07, 6.45) is -8.86. The van der Waals surface area contributed by atoms with Gasteiger partial charge in [-0.15, -0.1) is 0 Å². The number of alkyl halides is 6. The number of aromatic nitrogens is 2. The highest BCUT2D eigenvalue weighted by atomic mass is 19.4. The lowest BCUT2D eigenvalue weighted by molar-refractivity contribution is -0.148. The van der Waals surface area contributed by atoms with Crippen LogP contribution in [0.1, 0.15) is 51.3 Å². The molecule has 2 aromatic rings. The largest absolute Gasteiger partial charge is 0.461 e. The van der Waals surface area contributed by atoms with Crippen LogP contribution in [0.25, 0.3) is 10.9 Å². The van der Waals surface area contributed by atoms with Gasteiger partial charge < -0.3 is 9.31 Å². The maximum absolute atomic E-state index is 13.3. The first-order valence-corrected chi connectivity index (χ1v) is 9.59. The van der Waals surface area contributed by atoms with E-state index in [2.05, 4.69) is 5.10 Å². The summed E-state index contributed by atoms with van der Waals surface area (Å²) in [6, 6.07) is 4.10. The highest BCUT2D eigenvalue weighted by molar-refractivity contribution is 6.49. The molecule has 1 saturated heterocycles. The zero-order valence-corrected chi connectivity index (χ0v) is 16.9. The fourth-order valence-electron chi connectivity index (χ4n) is 3.88. The second-order valence-corrected chi connectivity index (χ2v) is 9.03. The van der Waals surface area contributed by atoms with Crippen molar-refractivity contribution in [2.24, 2.45) is 0 Å². The van der Waals surface area contributed by atoms with Gasteiger partial charge in [0.25, 0.3) is 0 Å². The highest BCUT2D eigenvalue weighted by Crippen LogP contribution is 2.58. The average Bonchev–Trinajstić information content (AvgIpc) is 3.23. The predicted molar refractivity (Wildman–Crippen MR) is 98.0 cm³/mol. The topological polar surface area (TPSA) is 36.3 Å². The molecule has 2 fully saturated rings. The number of hydrogen-bond acceptors (Lipinski definition) is 3. The molecule has 11 heteroatoms. The summed E-state index contributed by atoms with van der Waals surface area (Å²) in [4.78, 5) is 0. The van der Waals surface area contributed by atoms with Crippen LogP contribution in [0.2, 0.25) is 5.82 Å². The summed E-state index contributed by atoms with van der Waals surface area (Å²) in [6.45, 7) is 6.10. The lowest BCUT2D eigenvalue weighted by Crippen LogP contribution is -2.41. The molecule has 2 atom stereocenters. The van der Waals surface area contributed by atoms with Gasteiger partial charge in [0.1, 0.15) is 6.54 Å². The Balaban J connectivity index is 1.65. The van der Waals surface area contributed by atoms with Gasteiger partial charge in [-0.25, -0.2) is 0 Å². The Hall–Kier alpha value is -1.75. The quantitative estimate of drug-likeness (QED) is 0.469. The van der Waals surface area contributed by atoms with Crippen LogP contribution in [-0.2, 0) is 22.0 Å². The lowest BCUT2D eigenvalue weighted by Gasteiger charge is -2.32. The third kappa shape index (κ3) is 3.70. The predicted octanol–water partition coefficient (Wildman–Crippen LogP) is 5.57. The minimum Gasteiger partial charge on any atom is -0.403 e. The van der Waals surface area contributed by atoms with Crippen molar-refractivity contribution in [3.05, 3.63) is 29.5 Å². The van der Waals surface area contributed by atoms with Gasteiger partial charge in [-0.2, -0.15) is 31.4 Å². The van der Waals surface area contributed by atoms with E-state index in [4.69, 9.17) is 9.31 Å². The van der Waals surface area contributed by atoms with E-state index in [0.29, 0.717) is 16.7 Å². The summed E-state index contributed by atoms with van der Waals surface area (Å²) in [5.41, 5.74) is -1.87. The van der Waals surface area contributed by atoms with Crippen molar-refractivity contribution < 1.29 is 35.7 Å².